The van der Waals surface area contributed by atoms with Gasteiger partial charge in [-0.05, 0) is 36.6 Å². The van der Waals surface area contributed by atoms with Gasteiger partial charge in [0.2, 0.25) is 5.91 Å². The zero-order valence-corrected chi connectivity index (χ0v) is 12.4. The SMILES string of the molecule is O=C(CCCc1ccccc1)Nc1cc(Cl)ccc1Cl. The monoisotopic (exact) mass is 307 g/mol. The van der Waals surface area contributed by atoms with Gasteiger partial charge in [0.1, 0.15) is 0 Å². The van der Waals surface area contributed by atoms with Crippen molar-refractivity contribution in [1.82, 2.24) is 0 Å². The Bertz CT molecular complexity index is 584. The summed E-state index contributed by atoms with van der Waals surface area (Å²) in [5.41, 5.74) is 1.80. The highest BCUT2D eigenvalue weighted by Crippen LogP contribution is 2.25. The molecule has 0 spiro atoms. The van der Waals surface area contributed by atoms with Crippen molar-refractivity contribution in [1.29, 1.82) is 0 Å². The maximum atomic E-state index is 11.9. The Morgan fingerprint density at radius 3 is 2.55 bits per heavy atom. The summed E-state index contributed by atoms with van der Waals surface area (Å²) in [6, 6.07) is 15.1. The van der Waals surface area contributed by atoms with Gasteiger partial charge in [0, 0.05) is 11.4 Å². The number of aryl methyl sites for hydroxylation is 1. The standard InChI is InChI=1S/C16H15Cl2NO/c17-13-9-10-14(18)15(11-13)19-16(20)8-4-7-12-5-2-1-3-6-12/h1-3,5-6,9-11H,4,7-8H2,(H,19,20). The highest BCUT2D eigenvalue weighted by atomic mass is 35.5. The molecule has 0 aliphatic carbocycles. The van der Waals surface area contributed by atoms with Crippen molar-refractivity contribution in [2.45, 2.75) is 19.3 Å². The van der Waals surface area contributed by atoms with Crippen molar-refractivity contribution in [3.8, 4) is 0 Å². The van der Waals surface area contributed by atoms with E-state index in [-0.39, 0.29) is 5.91 Å². The predicted molar refractivity (Wildman–Crippen MR) is 84.5 cm³/mol. The predicted octanol–water partition coefficient (Wildman–Crippen LogP) is 4.95. The molecule has 2 rings (SSSR count). The van der Waals surface area contributed by atoms with Gasteiger partial charge in [-0.1, -0.05) is 53.5 Å². The van der Waals surface area contributed by atoms with Crippen molar-refractivity contribution in [3.05, 3.63) is 64.1 Å². The van der Waals surface area contributed by atoms with Crippen molar-refractivity contribution in [2.75, 3.05) is 5.32 Å². The molecular weight excluding hydrogens is 293 g/mol. The van der Waals surface area contributed by atoms with Gasteiger partial charge < -0.3 is 5.32 Å². The molecule has 2 aromatic carbocycles. The van der Waals surface area contributed by atoms with Crippen LogP contribution in [0.1, 0.15) is 18.4 Å². The van der Waals surface area contributed by atoms with Gasteiger partial charge in [-0.3, -0.25) is 4.79 Å². The van der Waals surface area contributed by atoms with Gasteiger partial charge in [-0.25, -0.2) is 0 Å². The van der Waals surface area contributed by atoms with E-state index in [9.17, 15) is 4.79 Å². The summed E-state index contributed by atoms with van der Waals surface area (Å²) < 4.78 is 0. The Morgan fingerprint density at radius 1 is 1.05 bits per heavy atom. The lowest BCUT2D eigenvalue weighted by atomic mass is 10.1. The molecule has 20 heavy (non-hydrogen) atoms. The van der Waals surface area contributed by atoms with Crippen LogP contribution in [0.3, 0.4) is 0 Å². The van der Waals surface area contributed by atoms with Crippen LogP contribution >= 0.6 is 23.2 Å². The van der Waals surface area contributed by atoms with E-state index in [0.717, 1.165) is 12.8 Å². The molecule has 104 valence electrons. The molecule has 0 aliphatic heterocycles. The van der Waals surface area contributed by atoms with Gasteiger partial charge in [-0.15, -0.1) is 0 Å². The lowest BCUT2D eigenvalue weighted by molar-refractivity contribution is -0.116. The Balaban J connectivity index is 1.82. The molecule has 0 aliphatic rings. The van der Waals surface area contributed by atoms with Crippen LogP contribution in [0.25, 0.3) is 0 Å². The number of carbonyl (C=O) groups excluding carboxylic acids is 1. The summed E-state index contributed by atoms with van der Waals surface area (Å²) >= 11 is 11.9. The minimum atomic E-state index is -0.0508. The molecule has 0 unspecified atom stereocenters. The third kappa shape index (κ3) is 4.55. The van der Waals surface area contributed by atoms with Crippen LogP contribution < -0.4 is 5.32 Å². The summed E-state index contributed by atoms with van der Waals surface area (Å²) in [5, 5.41) is 3.82. The molecule has 2 nitrogen and oxygen atoms in total. The minimum absolute atomic E-state index is 0.0508. The molecule has 0 saturated carbocycles. The number of hydrogen-bond acceptors (Lipinski definition) is 1. The summed E-state index contributed by atoms with van der Waals surface area (Å²) in [7, 11) is 0. The quantitative estimate of drug-likeness (QED) is 0.831. The first kappa shape index (κ1) is 14.9. The fourth-order valence-corrected chi connectivity index (χ4v) is 2.24. The first-order valence-corrected chi connectivity index (χ1v) is 7.19. The number of amides is 1. The van der Waals surface area contributed by atoms with E-state index in [0.29, 0.717) is 22.2 Å². The van der Waals surface area contributed by atoms with Crippen LogP contribution in [0.2, 0.25) is 10.0 Å². The first-order valence-electron chi connectivity index (χ1n) is 6.44. The van der Waals surface area contributed by atoms with Crippen LogP contribution in [0.5, 0.6) is 0 Å². The van der Waals surface area contributed by atoms with Gasteiger partial charge in [0.15, 0.2) is 0 Å². The number of halogens is 2. The number of nitrogens with one attached hydrogen (secondary N) is 1. The molecule has 0 bridgehead atoms. The highest BCUT2D eigenvalue weighted by Gasteiger charge is 2.06. The fraction of sp³-hybridized carbons (Fsp3) is 0.188. The Hall–Kier alpha value is -1.51. The number of anilines is 1. The maximum Gasteiger partial charge on any atom is 0.224 e. The molecule has 0 heterocycles. The van der Waals surface area contributed by atoms with Crippen LogP contribution in [0, 0.1) is 0 Å². The summed E-state index contributed by atoms with van der Waals surface area (Å²) in [6.45, 7) is 0. The first-order chi connectivity index (χ1) is 9.65. The Labute approximate surface area is 128 Å². The fourth-order valence-electron chi connectivity index (χ4n) is 1.90. The van der Waals surface area contributed by atoms with E-state index in [1.807, 2.05) is 18.2 Å². The summed E-state index contributed by atoms with van der Waals surface area (Å²) in [6.07, 6.45) is 2.14. The average molecular weight is 308 g/mol. The maximum absolute atomic E-state index is 11.9. The van der Waals surface area contributed by atoms with Crippen LogP contribution in [0.15, 0.2) is 48.5 Å². The lowest BCUT2D eigenvalue weighted by Gasteiger charge is -2.07. The van der Waals surface area contributed by atoms with E-state index < -0.39 is 0 Å². The van der Waals surface area contributed by atoms with Crippen LogP contribution in [0.4, 0.5) is 5.69 Å². The summed E-state index contributed by atoms with van der Waals surface area (Å²) in [4.78, 5) is 11.9. The van der Waals surface area contributed by atoms with Gasteiger partial charge in [0.05, 0.1) is 10.7 Å². The molecule has 1 amide bonds. The van der Waals surface area contributed by atoms with Gasteiger partial charge >= 0.3 is 0 Å². The minimum Gasteiger partial charge on any atom is -0.325 e. The van der Waals surface area contributed by atoms with E-state index in [1.165, 1.54) is 5.56 Å². The highest BCUT2D eigenvalue weighted by molar-refractivity contribution is 6.35. The molecule has 4 heteroatoms. The molecule has 0 aromatic heterocycles. The Kier molecular flexibility index (Phi) is 5.45. The second-order valence-corrected chi connectivity index (χ2v) is 5.36. The third-order valence-corrected chi connectivity index (χ3v) is 3.48. The molecule has 0 saturated heterocycles. The second-order valence-electron chi connectivity index (χ2n) is 4.51. The number of carbonyl (C=O) groups is 1. The van der Waals surface area contributed by atoms with Crippen LogP contribution in [-0.4, -0.2) is 5.91 Å². The molecule has 0 radical (unpaired) electrons. The Morgan fingerprint density at radius 2 is 1.80 bits per heavy atom. The van der Waals surface area contributed by atoms with Crippen molar-refractivity contribution >= 4 is 34.8 Å². The number of hydrogen-bond donors (Lipinski definition) is 1. The zero-order chi connectivity index (χ0) is 14.4. The zero-order valence-electron chi connectivity index (χ0n) is 10.9. The lowest BCUT2D eigenvalue weighted by Crippen LogP contribution is -2.11. The van der Waals surface area contributed by atoms with Crippen LogP contribution in [-0.2, 0) is 11.2 Å². The molecular formula is C16H15Cl2NO. The van der Waals surface area contributed by atoms with Gasteiger partial charge in [0.25, 0.3) is 0 Å². The molecule has 0 fully saturated rings. The molecule has 2 aromatic rings. The third-order valence-electron chi connectivity index (χ3n) is 2.91. The van der Waals surface area contributed by atoms with Crippen molar-refractivity contribution in [2.24, 2.45) is 0 Å². The normalized spacial score (nSPS) is 10.3. The summed E-state index contributed by atoms with van der Waals surface area (Å²) in [5.74, 6) is -0.0508. The topological polar surface area (TPSA) is 29.1 Å². The average Bonchev–Trinajstić information content (AvgIpc) is 2.44. The number of benzene rings is 2. The van der Waals surface area contributed by atoms with E-state index in [1.54, 1.807) is 18.2 Å². The van der Waals surface area contributed by atoms with Gasteiger partial charge in [-0.2, -0.15) is 0 Å². The smallest absolute Gasteiger partial charge is 0.224 e. The van der Waals surface area contributed by atoms with E-state index in [2.05, 4.69) is 17.4 Å². The molecule has 1 N–H and O–H groups in total. The second kappa shape index (κ2) is 7.32. The van der Waals surface area contributed by atoms with E-state index >= 15 is 0 Å². The largest absolute Gasteiger partial charge is 0.325 e. The molecule has 0 atom stereocenters. The number of rotatable bonds is 5. The van der Waals surface area contributed by atoms with E-state index in [4.69, 9.17) is 23.2 Å². The van der Waals surface area contributed by atoms with Crippen molar-refractivity contribution in [3.63, 3.8) is 0 Å². The van der Waals surface area contributed by atoms with Crippen molar-refractivity contribution < 1.29 is 4.79 Å².